The van der Waals surface area contributed by atoms with Gasteiger partial charge in [-0.3, -0.25) is 14.6 Å². The highest BCUT2D eigenvalue weighted by Gasteiger charge is 2.46. The number of aromatic nitrogens is 2. The van der Waals surface area contributed by atoms with Crippen LogP contribution in [0.2, 0.25) is 5.28 Å². The van der Waals surface area contributed by atoms with E-state index in [0.717, 1.165) is 4.90 Å². The molecule has 0 aromatic carbocycles. The van der Waals surface area contributed by atoms with Gasteiger partial charge in [0.05, 0.1) is 0 Å². The summed E-state index contributed by atoms with van der Waals surface area (Å²) < 4.78 is 0. The number of nitrogens with zero attached hydrogens (tertiary/aromatic N) is 4. The molecule has 3 amide bonds. The highest BCUT2D eigenvalue weighted by molar-refractivity contribution is 6.28. The minimum Gasteiger partial charge on any atom is -0.272 e. The number of amides is 3. The lowest BCUT2D eigenvalue weighted by Gasteiger charge is -2.23. The molecule has 7 heteroatoms. The predicted molar refractivity (Wildman–Crippen MR) is 66.3 cm³/mol. The van der Waals surface area contributed by atoms with Crippen molar-refractivity contribution in [1.29, 1.82) is 0 Å². The summed E-state index contributed by atoms with van der Waals surface area (Å²) in [6.07, 6.45) is 1.46. The first kappa shape index (κ1) is 12.8. The van der Waals surface area contributed by atoms with Crippen LogP contribution in [0, 0.1) is 5.92 Å². The highest BCUT2D eigenvalue weighted by atomic mass is 35.5. The van der Waals surface area contributed by atoms with Crippen molar-refractivity contribution in [3.63, 3.8) is 0 Å². The van der Waals surface area contributed by atoms with Gasteiger partial charge in [0.15, 0.2) is 0 Å². The molecule has 2 heterocycles. The Balaban J connectivity index is 2.47. The fourth-order valence-electron chi connectivity index (χ4n) is 1.97. The minimum absolute atomic E-state index is 0.0138. The average Bonchev–Trinajstić information content (AvgIpc) is 2.53. The van der Waals surface area contributed by atoms with E-state index in [4.69, 9.17) is 11.6 Å². The van der Waals surface area contributed by atoms with Crippen molar-refractivity contribution in [2.24, 2.45) is 5.92 Å². The number of hydrogen-bond acceptors (Lipinski definition) is 4. The van der Waals surface area contributed by atoms with E-state index in [2.05, 4.69) is 9.97 Å². The first-order valence-corrected chi connectivity index (χ1v) is 5.90. The summed E-state index contributed by atoms with van der Waals surface area (Å²) in [5, 5.41) is 0.0461. The number of likely N-dealkylation sites (N-methyl/N-ethyl adjacent to an activating group) is 1. The van der Waals surface area contributed by atoms with Crippen molar-refractivity contribution in [2.45, 2.75) is 19.9 Å². The summed E-state index contributed by atoms with van der Waals surface area (Å²) >= 11 is 5.71. The largest absolute Gasteiger partial charge is 0.332 e. The van der Waals surface area contributed by atoms with Crippen molar-refractivity contribution >= 4 is 29.4 Å². The summed E-state index contributed by atoms with van der Waals surface area (Å²) in [6.45, 7) is 3.76. The molecule has 1 aromatic rings. The van der Waals surface area contributed by atoms with Crippen LogP contribution in [0.4, 0.5) is 10.6 Å². The molecule has 2 rings (SSSR count). The predicted octanol–water partition coefficient (Wildman–Crippen LogP) is 1.55. The second-order valence-electron chi connectivity index (χ2n) is 4.42. The molecule has 18 heavy (non-hydrogen) atoms. The Morgan fingerprint density at radius 2 is 2.06 bits per heavy atom. The van der Waals surface area contributed by atoms with E-state index in [1.807, 2.05) is 13.8 Å². The lowest BCUT2D eigenvalue weighted by molar-refractivity contribution is -0.127. The van der Waals surface area contributed by atoms with Crippen molar-refractivity contribution in [3.05, 3.63) is 17.5 Å². The molecule has 1 aliphatic heterocycles. The van der Waals surface area contributed by atoms with Crippen molar-refractivity contribution < 1.29 is 9.59 Å². The summed E-state index contributed by atoms with van der Waals surface area (Å²) in [7, 11) is 1.46. The van der Waals surface area contributed by atoms with Crippen LogP contribution in [-0.2, 0) is 4.79 Å². The second kappa shape index (κ2) is 4.53. The molecule has 0 N–H and O–H groups in total. The molecule has 0 saturated carbocycles. The number of imide groups is 1. The Bertz CT molecular complexity index is 506. The van der Waals surface area contributed by atoms with Crippen LogP contribution in [0.3, 0.4) is 0 Å². The van der Waals surface area contributed by atoms with Crippen molar-refractivity contribution in [2.75, 3.05) is 11.9 Å². The third kappa shape index (κ3) is 1.92. The summed E-state index contributed by atoms with van der Waals surface area (Å²) in [5.41, 5.74) is 0. The normalized spacial score (nSPS) is 20.2. The number of anilines is 1. The van der Waals surface area contributed by atoms with E-state index in [1.165, 1.54) is 18.1 Å². The van der Waals surface area contributed by atoms with Gasteiger partial charge in [-0.2, -0.15) is 0 Å². The van der Waals surface area contributed by atoms with Crippen LogP contribution >= 0.6 is 11.6 Å². The fraction of sp³-hybridized carbons (Fsp3) is 0.455. The quantitative estimate of drug-likeness (QED) is 0.603. The van der Waals surface area contributed by atoms with Crippen LogP contribution in [0.25, 0.3) is 0 Å². The molecule has 6 nitrogen and oxygen atoms in total. The molecule has 1 aliphatic rings. The zero-order valence-electron chi connectivity index (χ0n) is 10.3. The van der Waals surface area contributed by atoms with Crippen LogP contribution < -0.4 is 4.90 Å². The molecule has 1 saturated heterocycles. The lowest BCUT2D eigenvalue weighted by atomic mass is 10.0. The number of carbonyl (C=O) groups excluding carboxylic acids is 2. The molecule has 1 atom stereocenters. The van der Waals surface area contributed by atoms with E-state index in [1.54, 1.807) is 6.07 Å². The Morgan fingerprint density at radius 1 is 1.39 bits per heavy atom. The second-order valence-corrected chi connectivity index (χ2v) is 4.76. The number of urea groups is 1. The summed E-state index contributed by atoms with van der Waals surface area (Å²) in [6, 6.07) is 0.618. The Hall–Kier alpha value is -1.69. The Kier molecular flexibility index (Phi) is 3.21. The van der Waals surface area contributed by atoms with Crippen LogP contribution in [0.15, 0.2) is 12.3 Å². The monoisotopic (exact) mass is 268 g/mol. The van der Waals surface area contributed by atoms with Gasteiger partial charge in [0, 0.05) is 13.2 Å². The molecular formula is C11H13ClN4O2. The lowest BCUT2D eigenvalue weighted by Crippen LogP contribution is -2.39. The van der Waals surface area contributed by atoms with Gasteiger partial charge >= 0.3 is 6.03 Å². The molecule has 1 unspecified atom stereocenters. The summed E-state index contributed by atoms with van der Waals surface area (Å²) in [5.74, 6) is 0.0984. The van der Waals surface area contributed by atoms with Crippen LogP contribution in [-0.4, -0.2) is 39.9 Å². The average molecular weight is 269 g/mol. The molecule has 96 valence electrons. The minimum atomic E-state index is -0.548. The molecule has 0 radical (unpaired) electrons. The standard InChI is InChI=1S/C11H13ClN4O2/c1-6(2)8-9(17)15(3)11(18)16(8)7-4-5-13-10(12)14-7/h4-6,8H,1-3H3. The zero-order chi connectivity index (χ0) is 13.4. The van der Waals surface area contributed by atoms with Gasteiger partial charge in [0.25, 0.3) is 5.91 Å². The maximum Gasteiger partial charge on any atom is 0.332 e. The highest BCUT2D eigenvalue weighted by Crippen LogP contribution is 2.27. The number of rotatable bonds is 2. The fourth-order valence-corrected chi connectivity index (χ4v) is 2.11. The van der Waals surface area contributed by atoms with Crippen LogP contribution in [0.1, 0.15) is 13.8 Å². The smallest absolute Gasteiger partial charge is 0.272 e. The number of hydrogen-bond donors (Lipinski definition) is 0. The molecule has 1 fully saturated rings. The van der Waals surface area contributed by atoms with E-state index >= 15 is 0 Å². The van der Waals surface area contributed by atoms with Gasteiger partial charge < -0.3 is 0 Å². The van der Waals surface area contributed by atoms with Gasteiger partial charge in [0.1, 0.15) is 11.9 Å². The first-order chi connectivity index (χ1) is 8.43. The Labute approximate surface area is 110 Å². The summed E-state index contributed by atoms with van der Waals surface area (Å²) in [4.78, 5) is 34.3. The van der Waals surface area contributed by atoms with E-state index in [-0.39, 0.29) is 17.1 Å². The molecular weight excluding hydrogens is 256 g/mol. The molecule has 0 spiro atoms. The topological polar surface area (TPSA) is 66.4 Å². The van der Waals surface area contributed by atoms with Crippen LogP contribution in [0.5, 0.6) is 0 Å². The number of halogens is 1. The van der Waals surface area contributed by atoms with E-state index in [0.29, 0.717) is 5.82 Å². The number of carbonyl (C=O) groups is 2. The third-order valence-electron chi connectivity index (χ3n) is 2.84. The van der Waals surface area contributed by atoms with Gasteiger partial charge in [0.2, 0.25) is 5.28 Å². The third-order valence-corrected chi connectivity index (χ3v) is 3.03. The van der Waals surface area contributed by atoms with Crippen molar-refractivity contribution in [1.82, 2.24) is 14.9 Å². The van der Waals surface area contributed by atoms with E-state index in [9.17, 15) is 9.59 Å². The zero-order valence-corrected chi connectivity index (χ0v) is 11.0. The Morgan fingerprint density at radius 3 is 2.61 bits per heavy atom. The van der Waals surface area contributed by atoms with Gasteiger partial charge in [-0.1, -0.05) is 13.8 Å². The van der Waals surface area contributed by atoms with Crippen molar-refractivity contribution in [3.8, 4) is 0 Å². The molecule has 0 bridgehead atoms. The van der Waals surface area contributed by atoms with Gasteiger partial charge in [-0.25, -0.2) is 14.8 Å². The molecule has 0 aliphatic carbocycles. The molecule has 1 aromatic heterocycles. The first-order valence-electron chi connectivity index (χ1n) is 5.52. The van der Waals surface area contributed by atoms with Gasteiger partial charge in [-0.15, -0.1) is 0 Å². The SMILES string of the molecule is CC(C)C1C(=O)N(C)C(=O)N1c1ccnc(Cl)n1. The van der Waals surface area contributed by atoms with E-state index < -0.39 is 12.1 Å². The maximum atomic E-state index is 12.1. The van der Waals surface area contributed by atoms with Gasteiger partial charge in [-0.05, 0) is 23.6 Å². The maximum absolute atomic E-state index is 12.1.